The lowest BCUT2D eigenvalue weighted by Crippen LogP contribution is -2.22. The molecule has 4 N–H and O–H groups in total. The quantitative estimate of drug-likeness (QED) is 0.558. The molecule has 2 aromatic carbocycles. The summed E-state index contributed by atoms with van der Waals surface area (Å²) < 4.78 is 0. The number of aryl methyl sites for hydroxylation is 1. The van der Waals surface area contributed by atoms with E-state index in [0.717, 1.165) is 36.9 Å². The highest BCUT2D eigenvalue weighted by Crippen LogP contribution is 2.18. The van der Waals surface area contributed by atoms with E-state index in [-0.39, 0.29) is 18.2 Å². The molecule has 0 amide bonds. The largest absolute Gasteiger partial charge is 0.508 e. The number of aliphatic hydroxyl groups excluding tert-OH is 1. The van der Waals surface area contributed by atoms with Crippen LogP contribution in [-0.2, 0) is 6.42 Å². The Bertz CT molecular complexity index is 575. The molecular formula is C18H24ClNO3. The number of phenols is 2. The van der Waals surface area contributed by atoms with Crippen LogP contribution in [0.2, 0.25) is 0 Å². The number of nitrogens with one attached hydrogen (secondary N) is 1. The number of rotatable bonds is 8. The Kier molecular flexibility index (Phi) is 8.48. The van der Waals surface area contributed by atoms with Gasteiger partial charge in [-0.2, -0.15) is 0 Å². The molecule has 1 unspecified atom stereocenters. The van der Waals surface area contributed by atoms with Crippen LogP contribution in [0.25, 0.3) is 0 Å². The van der Waals surface area contributed by atoms with Crippen molar-refractivity contribution in [2.75, 3.05) is 13.1 Å². The molecule has 0 aromatic heterocycles. The minimum atomic E-state index is -0.571. The summed E-state index contributed by atoms with van der Waals surface area (Å²) in [7, 11) is 0. The molecule has 0 aliphatic heterocycles. The molecular weight excluding hydrogens is 314 g/mol. The van der Waals surface area contributed by atoms with E-state index in [4.69, 9.17) is 0 Å². The van der Waals surface area contributed by atoms with Crippen molar-refractivity contribution in [2.45, 2.75) is 25.4 Å². The number of aliphatic hydroxyl groups is 1. The highest BCUT2D eigenvalue weighted by molar-refractivity contribution is 5.85. The van der Waals surface area contributed by atoms with Crippen molar-refractivity contribution in [2.24, 2.45) is 0 Å². The summed E-state index contributed by atoms with van der Waals surface area (Å²) >= 11 is 0. The molecule has 0 bridgehead atoms. The van der Waals surface area contributed by atoms with E-state index in [2.05, 4.69) is 5.32 Å². The van der Waals surface area contributed by atoms with Gasteiger partial charge < -0.3 is 20.6 Å². The third-order valence-electron chi connectivity index (χ3n) is 3.66. The van der Waals surface area contributed by atoms with E-state index in [1.54, 1.807) is 30.3 Å². The van der Waals surface area contributed by atoms with E-state index in [1.165, 1.54) is 0 Å². The van der Waals surface area contributed by atoms with Crippen LogP contribution in [-0.4, -0.2) is 28.4 Å². The topological polar surface area (TPSA) is 72.7 Å². The van der Waals surface area contributed by atoms with Gasteiger partial charge in [0.1, 0.15) is 11.5 Å². The summed E-state index contributed by atoms with van der Waals surface area (Å²) in [6, 6.07) is 14.0. The zero-order valence-electron chi connectivity index (χ0n) is 13.0. The molecule has 0 spiro atoms. The maximum atomic E-state index is 10.0. The lowest BCUT2D eigenvalue weighted by molar-refractivity contribution is 0.174. The van der Waals surface area contributed by atoms with Crippen molar-refractivity contribution >= 4 is 12.4 Å². The molecule has 4 nitrogen and oxygen atoms in total. The first kappa shape index (κ1) is 19.3. The normalized spacial score (nSPS) is 11.7. The summed E-state index contributed by atoms with van der Waals surface area (Å²) in [5, 5.41) is 32.1. The number of phenolic OH excluding ortho intramolecular Hbond substituents is 2. The van der Waals surface area contributed by atoms with Gasteiger partial charge >= 0.3 is 0 Å². The van der Waals surface area contributed by atoms with E-state index in [0.29, 0.717) is 12.3 Å². The first-order chi connectivity index (χ1) is 10.7. The SMILES string of the molecule is Cl.Oc1ccc(C(O)CNCCCCc2ccccc2O)cc1. The smallest absolute Gasteiger partial charge is 0.118 e. The van der Waals surface area contributed by atoms with E-state index < -0.39 is 6.10 Å². The highest BCUT2D eigenvalue weighted by Gasteiger charge is 2.06. The van der Waals surface area contributed by atoms with Gasteiger partial charge in [0, 0.05) is 6.54 Å². The van der Waals surface area contributed by atoms with E-state index in [9.17, 15) is 15.3 Å². The van der Waals surface area contributed by atoms with Crippen molar-refractivity contribution < 1.29 is 15.3 Å². The zero-order valence-corrected chi connectivity index (χ0v) is 13.8. The average molecular weight is 338 g/mol. The minimum Gasteiger partial charge on any atom is -0.508 e. The molecule has 0 saturated heterocycles. The number of unbranched alkanes of at least 4 members (excludes halogenated alkanes) is 1. The summed E-state index contributed by atoms with van der Waals surface area (Å²) in [6.07, 6.45) is 2.25. The number of hydrogen-bond donors (Lipinski definition) is 4. The van der Waals surface area contributed by atoms with Gasteiger partial charge in [-0.15, -0.1) is 12.4 Å². The van der Waals surface area contributed by atoms with Crippen LogP contribution in [0.3, 0.4) is 0 Å². The van der Waals surface area contributed by atoms with Gasteiger partial charge in [0.25, 0.3) is 0 Å². The second-order valence-corrected chi connectivity index (χ2v) is 5.40. The minimum absolute atomic E-state index is 0. The van der Waals surface area contributed by atoms with Gasteiger partial charge in [0.15, 0.2) is 0 Å². The van der Waals surface area contributed by atoms with Crippen LogP contribution in [0.1, 0.15) is 30.1 Å². The van der Waals surface area contributed by atoms with Crippen molar-refractivity contribution in [3.63, 3.8) is 0 Å². The van der Waals surface area contributed by atoms with Gasteiger partial charge in [-0.1, -0.05) is 30.3 Å². The molecule has 2 rings (SSSR count). The van der Waals surface area contributed by atoms with Crippen LogP contribution >= 0.6 is 12.4 Å². The lowest BCUT2D eigenvalue weighted by atomic mass is 10.1. The standard InChI is InChI=1S/C18H23NO3.ClH/c20-16-10-8-15(9-11-16)18(22)13-19-12-4-3-6-14-5-1-2-7-17(14)21;/h1-2,5,7-11,18-22H,3-4,6,12-13H2;1H. The van der Waals surface area contributed by atoms with Gasteiger partial charge in [-0.3, -0.25) is 0 Å². The van der Waals surface area contributed by atoms with E-state index >= 15 is 0 Å². The fraction of sp³-hybridized carbons (Fsp3) is 0.333. The molecule has 1 atom stereocenters. The van der Waals surface area contributed by atoms with Gasteiger partial charge in [0.05, 0.1) is 6.10 Å². The second kappa shape index (κ2) is 10.1. The Morgan fingerprint density at radius 3 is 2.30 bits per heavy atom. The Morgan fingerprint density at radius 2 is 1.61 bits per heavy atom. The Hall–Kier alpha value is -1.75. The number of benzene rings is 2. The molecule has 0 aliphatic rings. The molecule has 126 valence electrons. The highest BCUT2D eigenvalue weighted by atomic mass is 35.5. The zero-order chi connectivity index (χ0) is 15.8. The average Bonchev–Trinajstić information content (AvgIpc) is 2.53. The van der Waals surface area contributed by atoms with Crippen molar-refractivity contribution in [3.8, 4) is 11.5 Å². The van der Waals surface area contributed by atoms with Gasteiger partial charge in [-0.05, 0) is 55.1 Å². The number of aromatic hydroxyl groups is 2. The van der Waals surface area contributed by atoms with Crippen molar-refractivity contribution in [1.82, 2.24) is 5.32 Å². The first-order valence-electron chi connectivity index (χ1n) is 7.61. The van der Waals surface area contributed by atoms with Crippen LogP contribution in [0.4, 0.5) is 0 Å². The van der Waals surface area contributed by atoms with Crippen LogP contribution < -0.4 is 5.32 Å². The Balaban J connectivity index is 0.00000264. The second-order valence-electron chi connectivity index (χ2n) is 5.40. The van der Waals surface area contributed by atoms with Crippen LogP contribution in [0.15, 0.2) is 48.5 Å². The summed E-state index contributed by atoms with van der Waals surface area (Å²) in [6.45, 7) is 1.31. The Labute approximate surface area is 143 Å². The Morgan fingerprint density at radius 1 is 0.913 bits per heavy atom. The first-order valence-corrected chi connectivity index (χ1v) is 7.61. The van der Waals surface area contributed by atoms with Crippen molar-refractivity contribution in [1.29, 1.82) is 0 Å². The fourth-order valence-electron chi connectivity index (χ4n) is 2.34. The molecule has 5 heteroatoms. The molecule has 23 heavy (non-hydrogen) atoms. The predicted molar refractivity (Wildman–Crippen MR) is 94.2 cm³/mol. The third-order valence-corrected chi connectivity index (χ3v) is 3.66. The summed E-state index contributed by atoms with van der Waals surface area (Å²) in [5.41, 5.74) is 1.77. The molecule has 2 aromatic rings. The summed E-state index contributed by atoms with van der Waals surface area (Å²) in [4.78, 5) is 0. The molecule has 0 aliphatic carbocycles. The summed E-state index contributed by atoms with van der Waals surface area (Å²) in [5.74, 6) is 0.561. The van der Waals surface area contributed by atoms with Gasteiger partial charge in [-0.25, -0.2) is 0 Å². The van der Waals surface area contributed by atoms with Crippen LogP contribution in [0.5, 0.6) is 11.5 Å². The molecule has 0 saturated carbocycles. The monoisotopic (exact) mass is 337 g/mol. The van der Waals surface area contributed by atoms with Crippen molar-refractivity contribution in [3.05, 3.63) is 59.7 Å². The number of hydrogen-bond acceptors (Lipinski definition) is 4. The van der Waals surface area contributed by atoms with Gasteiger partial charge in [0.2, 0.25) is 0 Å². The molecule has 0 radical (unpaired) electrons. The molecule has 0 fully saturated rings. The predicted octanol–water partition coefficient (Wildman–Crippen LogP) is 3.17. The van der Waals surface area contributed by atoms with Crippen LogP contribution in [0, 0.1) is 0 Å². The maximum Gasteiger partial charge on any atom is 0.118 e. The number of para-hydroxylation sites is 1. The lowest BCUT2D eigenvalue weighted by Gasteiger charge is -2.12. The third kappa shape index (κ3) is 6.48. The fourth-order valence-corrected chi connectivity index (χ4v) is 2.34. The molecule has 0 heterocycles. The number of halogens is 1. The maximum absolute atomic E-state index is 10.0. The van der Waals surface area contributed by atoms with E-state index in [1.807, 2.05) is 18.2 Å².